The molecule has 0 bridgehead atoms. The molecule has 2 saturated heterocycles. The molecule has 0 aromatic rings. The highest BCUT2D eigenvalue weighted by Crippen LogP contribution is 2.31. The quantitative estimate of drug-likeness (QED) is 0.619. The van der Waals surface area contributed by atoms with Gasteiger partial charge in [-0.3, -0.25) is 0 Å². The topological polar surface area (TPSA) is 43.5 Å². The van der Waals surface area contributed by atoms with E-state index in [1.54, 1.807) is 0 Å². The lowest BCUT2D eigenvalue weighted by Gasteiger charge is -2.31. The van der Waals surface area contributed by atoms with Crippen molar-refractivity contribution in [2.75, 3.05) is 39.6 Å². The van der Waals surface area contributed by atoms with Crippen molar-refractivity contribution in [3.63, 3.8) is 0 Å². The first-order valence-corrected chi connectivity index (χ1v) is 7.30. The Morgan fingerprint density at radius 3 is 1.56 bits per heavy atom. The zero-order valence-corrected chi connectivity index (χ0v) is 11.0. The van der Waals surface area contributed by atoms with E-state index < -0.39 is 0 Å². The van der Waals surface area contributed by atoms with Crippen molar-refractivity contribution in [2.24, 2.45) is 11.8 Å². The van der Waals surface area contributed by atoms with Crippen LogP contribution in [0.1, 0.15) is 25.7 Å². The Balaban J connectivity index is 1.33. The molecule has 0 N–H and O–H groups in total. The van der Waals surface area contributed by atoms with Gasteiger partial charge in [0.1, 0.15) is 12.2 Å². The minimum atomic E-state index is 0.385. The summed E-state index contributed by atoms with van der Waals surface area (Å²) in [7, 11) is 0. The minimum absolute atomic E-state index is 0.385. The van der Waals surface area contributed by atoms with Crippen molar-refractivity contribution >= 4 is 0 Å². The minimum Gasteiger partial charge on any atom is -0.378 e. The predicted molar refractivity (Wildman–Crippen MR) is 66.6 cm³/mol. The molecule has 0 amide bonds. The van der Waals surface area contributed by atoms with Crippen molar-refractivity contribution in [2.45, 2.75) is 37.9 Å². The molecule has 1 aliphatic carbocycles. The second kappa shape index (κ2) is 6.33. The molecule has 3 aliphatic rings. The van der Waals surface area contributed by atoms with E-state index in [0.717, 1.165) is 39.6 Å². The van der Waals surface area contributed by atoms with Gasteiger partial charge in [0.05, 0.1) is 26.4 Å². The smallest absolute Gasteiger partial charge is 0.104 e. The molecule has 0 spiro atoms. The number of epoxide rings is 2. The molecule has 4 heteroatoms. The Morgan fingerprint density at radius 1 is 0.722 bits per heavy atom. The van der Waals surface area contributed by atoms with Crippen molar-refractivity contribution in [1.82, 2.24) is 0 Å². The average molecular weight is 256 g/mol. The Morgan fingerprint density at radius 2 is 1.17 bits per heavy atom. The number of hydrogen-bond donors (Lipinski definition) is 0. The van der Waals surface area contributed by atoms with Gasteiger partial charge in [-0.25, -0.2) is 0 Å². The van der Waals surface area contributed by atoms with Crippen LogP contribution in [0.2, 0.25) is 0 Å². The first-order valence-electron chi connectivity index (χ1n) is 7.30. The van der Waals surface area contributed by atoms with Crippen LogP contribution >= 0.6 is 0 Å². The highest BCUT2D eigenvalue weighted by Gasteiger charge is 2.29. The fraction of sp³-hybridized carbons (Fsp3) is 1.00. The Hall–Kier alpha value is -0.160. The summed E-state index contributed by atoms with van der Waals surface area (Å²) in [5.41, 5.74) is 0. The first kappa shape index (κ1) is 12.9. The Labute approximate surface area is 109 Å². The third-order valence-electron chi connectivity index (χ3n) is 4.14. The van der Waals surface area contributed by atoms with Gasteiger partial charge in [0, 0.05) is 13.2 Å². The maximum atomic E-state index is 5.76. The van der Waals surface area contributed by atoms with Crippen LogP contribution in [-0.2, 0) is 18.9 Å². The third kappa shape index (κ3) is 4.19. The summed E-state index contributed by atoms with van der Waals surface area (Å²) in [4.78, 5) is 0. The summed E-state index contributed by atoms with van der Waals surface area (Å²) >= 11 is 0. The van der Waals surface area contributed by atoms with Crippen LogP contribution in [0.4, 0.5) is 0 Å². The summed E-state index contributed by atoms with van der Waals surface area (Å²) < 4.78 is 21.8. The SMILES string of the molecule is C1CCC(COCC2CO2)C(COCC2CO2)C1. The summed E-state index contributed by atoms with van der Waals surface area (Å²) in [6.45, 7) is 5.10. The maximum Gasteiger partial charge on any atom is 0.104 e. The summed E-state index contributed by atoms with van der Waals surface area (Å²) in [5, 5.41) is 0. The lowest BCUT2D eigenvalue weighted by Crippen LogP contribution is -2.28. The van der Waals surface area contributed by atoms with Gasteiger partial charge in [-0.1, -0.05) is 12.8 Å². The molecule has 1 saturated carbocycles. The van der Waals surface area contributed by atoms with Gasteiger partial charge < -0.3 is 18.9 Å². The molecule has 0 aromatic carbocycles. The molecule has 0 aromatic heterocycles. The van der Waals surface area contributed by atoms with Crippen LogP contribution in [0, 0.1) is 11.8 Å². The van der Waals surface area contributed by atoms with E-state index in [4.69, 9.17) is 18.9 Å². The first-order chi connectivity index (χ1) is 8.92. The van der Waals surface area contributed by atoms with Crippen LogP contribution < -0.4 is 0 Å². The van der Waals surface area contributed by atoms with Crippen LogP contribution in [0.3, 0.4) is 0 Å². The van der Waals surface area contributed by atoms with Crippen LogP contribution in [0.15, 0.2) is 0 Å². The zero-order chi connectivity index (χ0) is 12.2. The molecule has 3 fully saturated rings. The highest BCUT2D eigenvalue weighted by molar-refractivity contribution is 4.77. The molecule has 3 rings (SSSR count). The van der Waals surface area contributed by atoms with Gasteiger partial charge in [0.15, 0.2) is 0 Å². The highest BCUT2D eigenvalue weighted by atomic mass is 16.6. The number of hydrogen-bond acceptors (Lipinski definition) is 4. The fourth-order valence-electron chi connectivity index (χ4n) is 2.75. The van der Waals surface area contributed by atoms with E-state index in [1.807, 2.05) is 0 Å². The standard InChI is InChI=1S/C14H24O4/c1-2-4-12(6-16-8-14-10-18-14)11(3-1)5-15-7-13-9-17-13/h11-14H,1-10H2. The second-order valence-corrected chi connectivity index (χ2v) is 5.79. The molecule has 4 nitrogen and oxygen atoms in total. The molecule has 104 valence electrons. The van der Waals surface area contributed by atoms with E-state index in [-0.39, 0.29) is 0 Å². The molecule has 4 atom stereocenters. The maximum absolute atomic E-state index is 5.76. The van der Waals surface area contributed by atoms with Gasteiger partial charge in [-0.2, -0.15) is 0 Å². The Kier molecular flexibility index (Phi) is 4.52. The van der Waals surface area contributed by atoms with E-state index >= 15 is 0 Å². The summed E-state index contributed by atoms with van der Waals surface area (Å²) in [6.07, 6.45) is 6.04. The van der Waals surface area contributed by atoms with Crippen LogP contribution in [-0.4, -0.2) is 51.8 Å². The van der Waals surface area contributed by atoms with Gasteiger partial charge in [0.2, 0.25) is 0 Å². The Bertz CT molecular complexity index is 224. The van der Waals surface area contributed by atoms with Crippen LogP contribution in [0.5, 0.6) is 0 Å². The average Bonchev–Trinajstić information content (AvgIpc) is 3.25. The molecule has 0 radical (unpaired) electrons. The molecule has 2 heterocycles. The van der Waals surface area contributed by atoms with Gasteiger partial charge in [0.25, 0.3) is 0 Å². The van der Waals surface area contributed by atoms with E-state index in [2.05, 4.69) is 0 Å². The van der Waals surface area contributed by atoms with Crippen molar-refractivity contribution < 1.29 is 18.9 Å². The lowest BCUT2D eigenvalue weighted by atomic mass is 9.80. The van der Waals surface area contributed by atoms with Crippen molar-refractivity contribution in [3.05, 3.63) is 0 Å². The molecule has 4 unspecified atom stereocenters. The van der Waals surface area contributed by atoms with Gasteiger partial charge >= 0.3 is 0 Å². The zero-order valence-electron chi connectivity index (χ0n) is 11.0. The molecular weight excluding hydrogens is 232 g/mol. The number of rotatable bonds is 8. The predicted octanol–water partition coefficient (Wildman–Crippen LogP) is 1.62. The molecule has 18 heavy (non-hydrogen) atoms. The lowest BCUT2D eigenvalue weighted by molar-refractivity contribution is 0.00761. The second-order valence-electron chi connectivity index (χ2n) is 5.79. The molecular formula is C14H24O4. The monoisotopic (exact) mass is 256 g/mol. The largest absolute Gasteiger partial charge is 0.378 e. The van der Waals surface area contributed by atoms with Gasteiger partial charge in [-0.15, -0.1) is 0 Å². The molecule has 2 aliphatic heterocycles. The van der Waals surface area contributed by atoms with Crippen molar-refractivity contribution in [1.29, 1.82) is 0 Å². The summed E-state index contributed by atoms with van der Waals surface area (Å²) in [6, 6.07) is 0. The normalized spacial score (nSPS) is 38.7. The van der Waals surface area contributed by atoms with E-state index in [1.165, 1.54) is 25.7 Å². The fourth-order valence-corrected chi connectivity index (χ4v) is 2.75. The number of ether oxygens (including phenoxy) is 4. The van der Waals surface area contributed by atoms with E-state index in [0.29, 0.717) is 24.0 Å². The van der Waals surface area contributed by atoms with Gasteiger partial charge in [-0.05, 0) is 24.7 Å². The van der Waals surface area contributed by atoms with Crippen LogP contribution in [0.25, 0.3) is 0 Å². The van der Waals surface area contributed by atoms with Crippen molar-refractivity contribution in [3.8, 4) is 0 Å². The van der Waals surface area contributed by atoms with E-state index in [9.17, 15) is 0 Å². The summed E-state index contributed by atoms with van der Waals surface area (Å²) in [5.74, 6) is 1.36. The third-order valence-corrected chi connectivity index (χ3v) is 4.14.